The standard InChI is InChI=1S/C22H22F2N6OS/c1-2-29-11-18(10-26-29)15-4-3-5-16(8-15)20-7-6-19(32-20)13-28-14-27-30(22(28)31)12-17(9-25)21(23)24/h3-8,10-11,14H,2,9,12-13,25H2,1H3. The molecule has 0 aliphatic carbocycles. The molecule has 3 aromatic heterocycles. The Balaban J connectivity index is 1.52. The summed E-state index contributed by atoms with van der Waals surface area (Å²) in [6, 6.07) is 12.2. The average molecular weight is 457 g/mol. The fraction of sp³-hybridized carbons (Fsp3) is 0.227. The number of benzene rings is 1. The molecular weight excluding hydrogens is 434 g/mol. The summed E-state index contributed by atoms with van der Waals surface area (Å²) in [4.78, 5) is 14.5. The predicted molar refractivity (Wildman–Crippen MR) is 121 cm³/mol. The van der Waals surface area contributed by atoms with Crippen LogP contribution in [0.3, 0.4) is 0 Å². The van der Waals surface area contributed by atoms with Gasteiger partial charge in [0.05, 0.1) is 19.3 Å². The van der Waals surface area contributed by atoms with Crippen LogP contribution in [0.2, 0.25) is 0 Å². The van der Waals surface area contributed by atoms with Crippen LogP contribution in [0.5, 0.6) is 0 Å². The molecule has 3 heterocycles. The molecule has 4 aromatic rings. The molecule has 10 heteroatoms. The van der Waals surface area contributed by atoms with E-state index in [-0.39, 0.29) is 18.7 Å². The molecule has 0 radical (unpaired) electrons. The minimum atomic E-state index is -1.87. The van der Waals surface area contributed by atoms with E-state index in [9.17, 15) is 13.6 Å². The van der Waals surface area contributed by atoms with Crippen molar-refractivity contribution in [3.05, 3.63) is 82.1 Å². The lowest BCUT2D eigenvalue weighted by Gasteiger charge is -2.03. The van der Waals surface area contributed by atoms with Crippen LogP contribution in [-0.4, -0.2) is 30.7 Å². The van der Waals surface area contributed by atoms with Crippen LogP contribution in [0.25, 0.3) is 21.6 Å². The molecule has 0 atom stereocenters. The fourth-order valence-electron chi connectivity index (χ4n) is 3.29. The van der Waals surface area contributed by atoms with E-state index in [1.165, 1.54) is 10.9 Å². The second-order valence-corrected chi connectivity index (χ2v) is 8.37. The maximum Gasteiger partial charge on any atom is 0.346 e. The van der Waals surface area contributed by atoms with Crippen LogP contribution in [0, 0.1) is 0 Å². The Kier molecular flexibility index (Phi) is 6.42. The quantitative estimate of drug-likeness (QED) is 0.437. The smallest absolute Gasteiger partial charge is 0.327 e. The van der Waals surface area contributed by atoms with Crippen molar-refractivity contribution in [1.29, 1.82) is 0 Å². The highest BCUT2D eigenvalue weighted by Gasteiger charge is 2.12. The SMILES string of the molecule is CCn1cc(-c2cccc(-c3ccc(Cn4cnn(CC(CN)=C(F)F)c4=O)s3)c2)cn1. The van der Waals surface area contributed by atoms with E-state index in [4.69, 9.17) is 5.73 Å². The molecule has 0 bridgehead atoms. The number of aryl methyl sites for hydroxylation is 1. The van der Waals surface area contributed by atoms with Crippen molar-refractivity contribution >= 4 is 11.3 Å². The Labute approximate surface area is 187 Å². The van der Waals surface area contributed by atoms with Gasteiger partial charge in [-0.3, -0.25) is 9.25 Å². The van der Waals surface area contributed by atoms with Crippen LogP contribution < -0.4 is 11.4 Å². The number of nitrogens with two attached hydrogens (primary N) is 1. The lowest BCUT2D eigenvalue weighted by Crippen LogP contribution is -2.27. The summed E-state index contributed by atoms with van der Waals surface area (Å²) in [6.07, 6.45) is 3.36. The van der Waals surface area contributed by atoms with Crippen molar-refractivity contribution in [2.24, 2.45) is 5.73 Å². The van der Waals surface area contributed by atoms with Gasteiger partial charge in [0.1, 0.15) is 6.33 Å². The van der Waals surface area contributed by atoms with Crippen molar-refractivity contribution in [3.63, 3.8) is 0 Å². The van der Waals surface area contributed by atoms with Crippen molar-refractivity contribution in [2.75, 3.05) is 6.54 Å². The minimum Gasteiger partial charge on any atom is -0.327 e. The molecule has 2 N–H and O–H groups in total. The lowest BCUT2D eigenvalue weighted by molar-refractivity contribution is 0.400. The molecule has 1 aromatic carbocycles. The first-order valence-corrected chi connectivity index (χ1v) is 10.9. The molecule has 0 saturated carbocycles. The van der Waals surface area contributed by atoms with Gasteiger partial charge in [-0.15, -0.1) is 11.3 Å². The summed E-state index contributed by atoms with van der Waals surface area (Å²) in [7, 11) is 0. The van der Waals surface area contributed by atoms with Crippen LogP contribution in [0.15, 0.2) is 71.6 Å². The number of thiophene rings is 1. The zero-order chi connectivity index (χ0) is 22.7. The van der Waals surface area contributed by atoms with Gasteiger partial charge in [0.15, 0.2) is 0 Å². The van der Waals surface area contributed by atoms with E-state index in [1.54, 1.807) is 11.3 Å². The Morgan fingerprint density at radius 3 is 2.66 bits per heavy atom. The van der Waals surface area contributed by atoms with E-state index in [0.717, 1.165) is 37.7 Å². The van der Waals surface area contributed by atoms with Gasteiger partial charge < -0.3 is 5.73 Å². The monoisotopic (exact) mass is 456 g/mol. The summed E-state index contributed by atoms with van der Waals surface area (Å²) in [5.74, 6) is 0. The third-order valence-electron chi connectivity index (χ3n) is 5.08. The summed E-state index contributed by atoms with van der Waals surface area (Å²) in [6.45, 7) is 2.53. The van der Waals surface area contributed by atoms with E-state index in [2.05, 4.69) is 16.3 Å². The Morgan fingerprint density at radius 2 is 1.94 bits per heavy atom. The molecule has 4 rings (SSSR count). The van der Waals surface area contributed by atoms with E-state index >= 15 is 0 Å². The van der Waals surface area contributed by atoms with Crippen LogP contribution in [0.1, 0.15) is 11.8 Å². The lowest BCUT2D eigenvalue weighted by atomic mass is 10.1. The Bertz CT molecular complexity index is 1310. The molecular formula is C22H22F2N6OS. The zero-order valence-corrected chi connectivity index (χ0v) is 18.2. The number of nitrogens with zero attached hydrogens (tertiary/aromatic N) is 5. The highest BCUT2D eigenvalue weighted by Crippen LogP contribution is 2.31. The van der Waals surface area contributed by atoms with Crippen molar-refractivity contribution in [3.8, 4) is 21.6 Å². The van der Waals surface area contributed by atoms with Gasteiger partial charge in [-0.2, -0.15) is 19.0 Å². The first-order chi connectivity index (χ1) is 15.5. The molecule has 0 saturated heterocycles. The molecule has 7 nitrogen and oxygen atoms in total. The summed E-state index contributed by atoms with van der Waals surface area (Å²) in [5, 5.41) is 8.28. The second-order valence-electron chi connectivity index (χ2n) is 7.20. The maximum absolute atomic E-state index is 12.8. The molecule has 0 fully saturated rings. The molecule has 0 amide bonds. The molecule has 0 aliphatic heterocycles. The number of aromatic nitrogens is 5. The van der Waals surface area contributed by atoms with Gasteiger partial charge in [0.2, 0.25) is 0 Å². The van der Waals surface area contributed by atoms with E-state index < -0.39 is 11.8 Å². The minimum absolute atomic E-state index is 0.305. The zero-order valence-electron chi connectivity index (χ0n) is 17.4. The second kappa shape index (κ2) is 9.41. The van der Waals surface area contributed by atoms with E-state index in [0.29, 0.717) is 6.54 Å². The molecule has 166 valence electrons. The van der Waals surface area contributed by atoms with Crippen LogP contribution in [0.4, 0.5) is 8.78 Å². The Morgan fingerprint density at radius 1 is 1.12 bits per heavy atom. The van der Waals surface area contributed by atoms with Gasteiger partial charge in [-0.25, -0.2) is 9.48 Å². The van der Waals surface area contributed by atoms with Crippen molar-refractivity contribution in [2.45, 2.75) is 26.6 Å². The topological polar surface area (TPSA) is 83.7 Å². The largest absolute Gasteiger partial charge is 0.346 e. The molecule has 0 aliphatic rings. The molecule has 0 spiro atoms. The van der Waals surface area contributed by atoms with E-state index in [1.807, 2.05) is 54.3 Å². The highest BCUT2D eigenvalue weighted by molar-refractivity contribution is 7.15. The first kappa shape index (κ1) is 21.8. The van der Waals surface area contributed by atoms with Crippen molar-refractivity contribution in [1.82, 2.24) is 24.1 Å². The van der Waals surface area contributed by atoms with Gasteiger partial charge >= 0.3 is 5.69 Å². The van der Waals surface area contributed by atoms with Gasteiger partial charge in [0.25, 0.3) is 6.08 Å². The van der Waals surface area contributed by atoms with Gasteiger partial charge in [-0.05, 0) is 36.2 Å². The van der Waals surface area contributed by atoms with Crippen molar-refractivity contribution < 1.29 is 8.78 Å². The van der Waals surface area contributed by atoms with Crippen LogP contribution >= 0.6 is 11.3 Å². The highest BCUT2D eigenvalue weighted by atomic mass is 32.1. The van der Waals surface area contributed by atoms with Gasteiger partial charge in [0, 0.05) is 40.2 Å². The summed E-state index contributed by atoms with van der Waals surface area (Å²) < 4.78 is 30.0. The summed E-state index contributed by atoms with van der Waals surface area (Å²) in [5.41, 5.74) is 7.77. The maximum atomic E-state index is 12.8. The third-order valence-corrected chi connectivity index (χ3v) is 6.20. The molecule has 32 heavy (non-hydrogen) atoms. The van der Waals surface area contributed by atoms with Gasteiger partial charge in [-0.1, -0.05) is 18.2 Å². The first-order valence-electron chi connectivity index (χ1n) is 10.1. The normalized spacial score (nSPS) is 11.1. The molecule has 0 unspecified atom stereocenters. The fourth-order valence-corrected chi connectivity index (χ4v) is 4.30. The third kappa shape index (κ3) is 4.61. The number of rotatable bonds is 8. The average Bonchev–Trinajstić information content (AvgIpc) is 3.54. The number of halogens is 2. The number of hydrogen-bond acceptors (Lipinski definition) is 5. The number of hydrogen-bond donors (Lipinski definition) is 1. The Hall–Kier alpha value is -3.37. The predicted octanol–water partition coefficient (Wildman–Crippen LogP) is 3.81. The summed E-state index contributed by atoms with van der Waals surface area (Å²) >= 11 is 1.57. The van der Waals surface area contributed by atoms with Crippen LogP contribution in [-0.2, 0) is 19.6 Å².